The van der Waals surface area contributed by atoms with Crippen LogP contribution in [0, 0.1) is 0 Å². The van der Waals surface area contributed by atoms with Crippen molar-refractivity contribution in [3.05, 3.63) is 29.5 Å². The van der Waals surface area contributed by atoms with Gasteiger partial charge in [-0.15, -0.1) is 0 Å². The van der Waals surface area contributed by atoms with Crippen molar-refractivity contribution >= 4 is 39.5 Å². The quantitative estimate of drug-likeness (QED) is 0.668. The number of hydrogen-bond acceptors (Lipinski definition) is 4. The van der Waals surface area contributed by atoms with Gasteiger partial charge in [0.25, 0.3) is 0 Å². The third-order valence-corrected chi connectivity index (χ3v) is 4.50. The predicted octanol–water partition coefficient (Wildman–Crippen LogP) is 4.41. The van der Waals surface area contributed by atoms with E-state index in [9.17, 15) is 0 Å². The van der Waals surface area contributed by atoms with Gasteiger partial charge in [0.15, 0.2) is 11.4 Å². The average Bonchev–Trinajstić information content (AvgIpc) is 2.86. The molecule has 1 aliphatic heterocycles. The number of halogens is 1. The van der Waals surface area contributed by atoms with E-state index in [1.807, 2.05) is 18.2 Å². The number of piperidine rings is 1. The van der Waals surface area contributed by atoms with Crippen molar-refractivity contribution in [2.24, 2.45) is 0 Å². The van der Waals surface area contributed by atoms with Gasteiger partial charge in [0, 0.05) is 23.0 Å². The van der Waals surface area contributed by atoms with E-state index in [1.165, 1.54) is 19.3 Å². The monoisotopic (exact) mass is 301 g/mol. The molecule has 0 spiro atoms. The van der Waals surface area contributed by atoms with Crippen LogP contribution in [0.4, 0.5) is 5.82 Å². The van der Waals surface area contributed by atoms with Crippen molar-refractivity contribution in [2.45, 2.75) is 32.2 Å². The summed E-state index contributed by atoms with van der Waals surface area (Å²) in [5.41, 5.74) is 2.42. The van der Waals surface area contributed by atoms with E-state index >= 15 is 0 Å². The fraction of sp³-hybridized carbons (Fsp3) is 0.375. The SMILES string of the molecule is CC1CCCCN1c1ncnc2c1oc1ccc(Cl)cc12. The molecule has 5 heteroatoms. The number of anilines is 1. The number of furan rings is 1. The largest absolute Gasteiger partial charge is 0.450 e. The fourth-order valence-electron chi connectivity index (χ4n) is 3.15. The Balaban J connectivity index is 1.95. The summed E-state index contributed by atoms with van der Waals surface area (Å²) in [7, 11) is 0. The molecule has 1 saturated heterocycles. The first-order valence-corrected chi connectivity index (χ1v) is 7.71. The van der Waals surface area contributed by atoms with Crippen LogP contribution in [0.15, 0.2) is 28.9 Å². The van der Waals surface area contributed by atoms with Gasteiger partial charge in [-0.25, -0.2) is 9.97 Å². The smallest absolute Gasteiger partial charge is 0.196 e. The van der Waals surface area contributed by atoms with Gasteiger partial charge >= 0.3 is 0 Å². The molecule has 1 atom stereocenters. The molecule has 0 aliphatic carbocycles. The Morgan fingerprint density at radius 1 is 1.29 bits per heavy atom. The van der Waals surface area contributed by atoms with E-state index in [0.29, 0.717) is 11.1 Å². The lowest BCUT2D eigenvalue weighted by atomic mass is 10.0. The first-order chi connectivity index (χ1) is 10.2. The maximum atomic E-state index is 6.09. The maximum Gasteiger partial charge on any atom is 0.196 e. The second-order valence-electron chi connectivity index (χ2n) is 5.66. The molecule has 4 nitrogen and oxygen atoms in total. The molecule has 0 saturated carbocycles. The molecule has 0 N–H and O–H groups in total. The summed E-state index contributed by atoms with van der Waals surface area (Å²) in [6, 6.07) is 6.11. The zero-order chi connectivity index (χ0) is 14.4. The molecule has 3 aromatic rings. The minimum atomic E-state index is 0.480. The molecule has 1 fully saturated rings. The molecule has 1 unspecified atom stereocenters. The molecule has 2 aromatic heterocycles. The van der Waals surface area contributed by atoms with Gasteiger partial charge in [0.1, 0.15) is 17.4 Å². The topological polar surface area (TPSA) is 42.2 Å². The molecule has 21 heavy (non-hydrogen) atoms. The molecule has 0 amide bonds. The third-order valence-electron chi connectivity index (χ3n) is 4.27. The number of aromatic nitrogens is 2. The van der Waals surface area contributed by atoms with Crippen LogP contribution < -0.4 is 4.90 Å². The van der Waals surface area contributed by atoms with Gasteiger partial charge < -0.3 is 9.32 Å². The lowest BCUT2D eigenvalue weighted by molar-refractivity contribution is 0.479. The van der Waals surface area contributed by atoms with Gasteiger partial charge in [-0.1, -0.05) is 11.6 Å². The summed E-state index contributed by atoms with van der Waals surface area (Å²) in [5.74, 6) is 0.902. The van der Waals surface area contributed by atoms with Crippen molar-refractivity contribution in [3.63, 3.8) is 0 Å². The second-order valence-corrected chi connectivity index (χ2v) is 6.09. The summed E-state index contributed by atoms with van der Waals surface area (Å²) in [6.45, 7) is 3.26. The van der Waals surface area contributed by atoms with Crippen molar-refractivity contribution in [2.75, 3.05) is 11.4 Å². The molecule has 4 rings (SSSR count). The van der Waals surface area contributed by atoms with Crippen LogP contribution in [0.25, 0.3) is 22.1 Å². The van der Waals surface area contributed by atoms with E-state index in [1.54, 1.807) is 6.33 Å². The molecule has 1 aromatic carbocycles. The predicted molar refractivity (Wildman–Crippen MR) is 85.0 cm³/mol. The number of hydrogen-bond donors (Lipinski definition) is 0. The zero-order valence-electron chi connectivity index (χ0n) is 11.8. The highest BCUT2D eigenvalue weighted by molar-refractivity contribution is 6.31. The second kappa shape index (κ2) is 4.88. The normalized spacial score (nSPS) is 19.5. The molecular weight excluding hydrogens is 286 g/mol. The van der Waals surface area contributed by atoms with Crippen molar-refractivity contribution in [1.82, 2.24) is 9.97 Å². The number of rotatable bonds is 1. The Morgan fingerprint density at radius 3 is 3.05 bits per heavy atom. The van der Waals surface area contributed by atoms with Crippen molar-refractivity contribution < 1.29 is 4.42 Å². The maximum absolute atomic E-state index is 6.09. The third kappa shape index (κ3) is 2.05. The number of nitrogens with zero attached hydrogens (tertiary/aromatic N) is 3. The number of fused-ring (bicyclic) bond motifs is 3. The highest BCUT2D eigenvalue weighted by atomic mass is 35.5. The Labute approximate surface area is 127 Å². The lowest BCUT2D eigenvalue weighted by Gasteiger charge is -2.34. The van der Waals surface area contributed by atoms with Gasteiger partial charge in [-0.2, -0.15) is 0 Å². The Hall–Kier alpha value is -1.81. The van der Waals surface area contributed by atoms with Crippen LogP contribution >= 0.6 is 11.6 Å². The van der Waals surface area contributed by atoms with E-state index in [0.717, 1.165) is 34.4 Å². The van der Waals surface area contributed by atoms with Crippen LogP contribution in [0.1, 0.15) is 26.2 Å². The standard InChI is InChI=1S/C16H16ClN3O/c1-10-4-2-3-7-20(10)16-15-14(18-9-19-16)12-8-11(17)5-6-13(12)21-15/h5-6,8-10H,2-4,7H2,1H3. The Kier molecular flexibility index (Phi) is 3.00. The molecular formula is C16H16ClN3O. The average molecular weight is 302 g/mol. The molecule has 108 valence electrons. The van der Waals surface area contributed by atoms with Crippen LogP contribution in [0.2, 0.25) is 5.02 Å². The summed E-state index contributed by atoms with van der Waals surface area (Å²) in [6.07, 6.45) is 5.29. The van der Waals surface area contributed by atoms with Gasteiger partial charge in [0.2, 0.25) is 0 Å². The highest BCUT2D eigenvalue weighted by Gasteiger charge is 2.24. The number of benzene rings is 1. The minimum absolute atomic E-state index is 0.480. The Bertz CT molecular complexity index is 814. The van der Waals surface area contributed by atoms with Crippen LogP contribution in [0.5, 0.6) is 0 Å². The zero-order valence-corrected chi connectivity index (χ0v) is 12.6. The summed E-state index contributed by atoms with van der Waals surface area (Å²) in [5, 5.41) is 1.64. The van der Waals surface area contributed by atoms with Gasteiger partial charge in [-0.3, -0.25) is 0 Å². The molecule has 0 radical (unpaired) electrons. The molecule has 1 aliphatic rings. The lowest BCUT2D eigenvalue weighted by Crippen LogP contribution is -2.38. The van der Waals surface area contributed by atoms with E-state index in [4.69, 9.17) is 16.0 Å². The van der Waals surface area contributed by atoms with E-state index in [2.05, 4.69) is 21.8 Å². The summed E-state index contributed by atoms with van der Waals surface area (Å²) >= 11 is 6.09. The highest BCUT2D eigenvalue weighted by Crippen LogP contribution is 2.35. The molecule has 0 bridgehead atoms. The van der Waals surface area contributed by atoms with Crippen LogP contribution in [0.3, 0.4) is 0 Å². The molecule has 3 heterocycles. The summed E-state index contributed by atoms with van der Waals surface area (Å²) < 4.78 is 6.01. The van der Waals surface area contributed by atoms with Gasteiger partial charge in [-0.05, 0) is 44.4 Å². The Morgan fingerprint density at radius 2 is 2.19 bits per heavy atom. The van der Waals surface area contributed by atoms with E-state index in [-0.39, 0.29) is 0 Å². The van der Waals surface area contributed by atoms with E-state index < -0.39 is 0 Å². The first-order valence-electron chi connectivity index (χ1n) is 7.33. The fourth-order valence-corrected chi connectivity index (χ4v) is 3.33. The van der Waals surface area contributed by atoms with Gasteiger partial charge in [0.05, 0.1) is 0 Å². The van der Waals surface area contributed by atoms with Crippen LogP contribution in [-0.2, 0) is 0 Å². The summed E-state index contributed by atoms with van der Waals surface area (Å²) in [4.78, 5) is 11.2. The first kappa shape index (κ1) is 12.9. The van der Waals surface area contributed by atoms with Crippen molar-refractivity contribution in [1.29, 1.82) is 0 Å². The minimum Gasteiger partial charge on any atom is -0.450 e. The van der Waals surface area contributed by atoms with Crippen LogP contribution in [-0.4, -0.2) is 22.6 Å². The van der Waals surface area contributed by atoms with Crippen molar-refractivity contribution in [3.8, 4) is 0 Å².